The number of hydrogen-bond donors (Lipinski definition) is 1. The molecule has 21 heavy (non-hydrogen) atoms. The Hall–Kier alpha value is -1.76. The monoisotopic (exact) mass is 355 g/mol. The second-order valence-corrected chi connectivity index (χ2v) is 5.60. The van der Waals surface area contributed by atoms with Gasteiger partial charge in [-0.3, -0.25) is 0 Å². The molecule has 0 spiro atoms. The Morgan fingerprint density at radius 1 is 1.19 bits per heavy atom. The first-order chi connectivity index (χ1) is 10.0. The van der Waals surface area contributed by atoms with E-state index in [9.17, 15) is 8.78 Å². The summed E-state index contributed by atoms with van der Waals surface area (Å²) in [5, 5.41) is 0. The summed E-state index contributed by atoms with van der Waals surface area (Å²) < 4.78 is 29.3. The number of nitrogen functional groups attached to an aromatic ring is 1. The van der Waals surface area contributed by atoms with Gasteiger partial charge >= 0.3 is 6.61 Å². The van der Waals surface area contributed by atoms with E-state index in [1.54, 1.807) is 12.1 Å². The van der Waals surface area contributed by atoms with E-state index in [0.717, 1.165) is 23.0 Å². The highest BCUT2D eigenvalue weighted by atomic mass is 79.9. The number of rotatable bonds is 4. The van der Waals surface area contributed by atoms with Crippen LogP contribution in [0.5, 0.6) is 5.75 Å². The van der Waals surface area contributed by atoms with Crippen molar-refractivity contribution in [1.82, 2.24) is 9.97 Å². The van der Waals surface area contributed by atoms with Gasteiger partial charge in [0.05, 0.1) is 10.2 Å². The molecule has 0 saturated heterocycles. The van der Waals surface area contributed by atoms with Gasteiger partial charge in [0.25, 0.3) is 0 Å². The van der Waals surface area contributed by atoms with E-state index in [1.165, 1.54) is 12.1 Å². The van der Waals surface area contributed by atoms with Crippen molar-refractivity contribution >= 4 is 21.7 Å². The Bertz CT molecular complexity index is 660. The lowest BCUT2D eigenvalue weighted by Crippen LogP contribution is -2.03. The smallest absolute Gasteiger partial charge is 0.387 e. The average Bonchev–Trinajstić information content (AvgIpc) is 3.26. The fourth-order valence-corrected chi connectivity index (χ4v) is 2.53. The van der Waals surface area contributed by atoms with Crippen molar-refractivity contribution in [3.8, 4) is 17.1 Å². The van der Waals surface area contributed by atoms with Crippen molar-refractivity contribution in [3.63, 3.8) is 0 Å². The van der Waals surface area contributed by atoms with E-state index in [0.29, 0.717) is 23.1 Å². The average molecular weight is 356 g/mol. The van der Waals surface area contributed by atoms with Crippen LogP contribution in [0.2, 0.25) is 0 Å². The van der Waals surface area contributed by atoms with Crippen LogP contribution < -0.4 is 10.5 Å². The van der Waals surface area contributed by atoms with Crippen LogP contribution in [0.1, 0.15) is 24.5 Å². The van der Waals surface area contributed by atoms with Gasteiger partial charge in [-0.25, -0.2) is 9.97 Å². The van der Waals surface area contributed by atoms with Crippen LogP contribution >= 0.6 is 15.9 Å². The lowest BCUT2D eigenvalue weighted by atomic mass is 10.2. The van der Waals surface area contributed by atoms with Crippen molar-refractivity contribution in [2.75, 3.05) is 5.73 Å². The number of nitrogens with zero attached hydrogens (tertiary/aromatic N) is 2. The SMILES string of the molecule is Nc1nc(-c2ccc(OC(F)F)cc2)nc(C2CC2)c1Br. The molecule has 3 rings (SSSR count). The highest BCUT2D eigenvalue weighted by Crippen LogP contribution is 2.44. The molecule has 1 fully saturated rings. The van der Waals surface area contributed by atoms with Crippen LogP contribution in [0.15, 0.2) is 28.7 Å². The first-order valence-corrected chi connectivity index (χ1v) is 7.22. The van der Waals surface area contributed by atoms with Crippen molar-refractivity contribution in [3.05, 3.63) is 34.4 Å². The van der Waals surface area contributed by atoms with Crippen LogP contribution in [0.3, 0.4) is 0 Å². The van der Waals surface area contributed by atoms with Crippen LogP contribution in [-0.2, 0) is 0 Å². The fraction of sp³-hybridized carbons (Fsp3) is 0.286. The van der Waals surface area contributed by atoms with Gasteiger partial charge in [-0.15, -0.1) is 0 Å². The van der Waals surface area contributed by atoms with Gasteiger partial charge in [-0.2, -0.15) is 8.78 Å². The molecule has 0 amide bonds. The number of halogens is 3. The first-order valence-electron chi connectivity index (χ1n) is 6.42. The van der Waals surface area contributed by atoms with Crippen molar-refractivity contribution < 1.29 is 13.5 Å². The number of alkyl halides is 2. The first kappa shape index (κ1) is 14.2. The zero-order valence-electron chi connectivity index (χ0n) is 10.9. The van der Waals surface area contributed by atoms with Gasteiger partial charge < -0.3 is 10.5 Å². The highest BCUT2D eigenvalue weighted by molar-refractivity contribution is 9.10. The van der Waals surface area contributed by atoms with Crippen LogP contribution in [0.4, 0.5) is 14.6 Å². The van der Waals surface area contributed by atoms with Gasteiger partial charge in [0.2, 0.25) is 0 Å². The number of ether oxygens (including phenoxy) is 1. The summed E-state index contributed by atoms with van der Waals surface area (Å²) in [7, 11) is 0. The number of nitrogens with two attached hydrogens (primary N) is 1. The van der Waals surface area contributed by atoms with Crippen molar-refractivity contribution in [2.45, 2.75) is 25.4 Å². The summed E-state index contributed by atoms with van der Waals surface area (Å²) in [6.07, 6.45) is 2.19. The molecule has 1 saturated carbocycles. The summed E-state index contributed by atoms with van der Waals surface area (Å²) >= 11 is 3.41. The third-order valence-corrected chi connectivity index (χ3v) is 4.02. The minimum absolute atomic E-state index is 0.0984. The molecule has 7 heteroatoms. The predicted octanol–water partition coefficient (Wildman–Crippen LogP) is 3.97. The van der Waals surface area contributed by atoms with Gasteiger partial charge in [0.1, 0.15) is 11.6 Å². The normalized spacial score (nSPS) is 14.5. The highest BCUT2D eigenvalue weighted by Gasteiger charge is 2.29. The quantitative estimate of drug-likeness (QED) is 0.901. The van der Waals surface area contributed by atoms with Gasteiger partial charge in [0.15, 0.2) is 5.82 Å². The minimum Gasteiger partial charge on any atom is -0.435 e. The summed E-state index contributed by atoms with van der Waals surface area (Å²) in [5.41, 5.74) is 7.51. The maximum absolute atomic E-state index is 12.1. The molecule has 110 valence electrons. The summed E-state index contributed by atoms with van der Waals surface area (Å²) in [4.78, 5) is 8.76. The molecule has 0 radical (unpaired) electrons. The fourth-order valence-electron chi connectivity index (χ4n) is 2.02. The molecule has 0 aliphatic heterocycles. The Morgan fingerprint density at radius 3 is 2.43 bits per heavy atom. The minimum atomic E-state index is -2.84. The molecule has 0 bridgehead atoms. The van der Waals surface area contributed by atoms with E-state index >= 15 is 0 Å². The van der Waals surface area contributed by atoms with Gasteiger partial charge in [-0.1, -0.05) is 0 Å². The third-order valence-electron chi connectivity index (χ3n) is 3.20. The van der Waals surface area contributed by atoms with E-state index < -0.39 is 6.61 Å². The zero-order chi connectivity index (χ0) is 15.0. The Balaban J connectivity index is 1.93. The van der Waals surface area contributed by atoms with Crippen molar-refractivity contribution in [1.29, 1.82) is 0 Å². The Kier molecular flexibility index (Phi) is 3.75. The third kappa shape index (κ3) is 3.12. The standard InChI is InChI=1S/C14H12BrF2N3O/c15-10-11(7-1-2-7)19-13(20-12(10)18)8-3-5-9(6-4-8)21-14(16)17/h3-7,14H,1-2H2,(H2,18,19,20). The molecule has 1 aromatic heterocycles. The number of benzene rings is 1. The second-order valence-electron chi connectivity index (χ2n) is 4.81. The van der Waals surface area contributed by atoms with Crippen LogP contribution in [0, 0.1) is 0 Å². The molecular formula is C14H12BrF2N3O. The summed E-state index contributed by atoms with van der Waals surface area (Å²) in [6, 6.07) is 6.19. The van der Waals surface area contributed by atoms with E-state index in [1.807, 2.05) is 0 Å². The van der Waals surface area contributed by atoms with Gasteiger partial charge in [0, 0.05) is 11.5 Å². The predicted molar refractivity (Wildman–Crippen MR) is 78.2 cm³/mol. The molecule has 2 N–H and O–H groups in total. The van der Waals surface area contributed by atoms with E-state index in [2.05, 4.69) is 30.6 Å². The number of aromatic nitrogens is 2. The molecule has 1 heterocycles. The molecule has 1 aromatic carbocycles. The molecule has 4 nitrogen and oxygen atoms in total. The molecule has 2 aromatic rings. The molecule has 0 atom stereocenters. The molecular weight excluding hydrogens is 344 g/mol. The molecule has 1 aliphatic rings. The lowest BCUT2D eigenvalue weighted by Gasteiger charge is -2.09. The maximum Gasteiger partial charge on any atom is 0.387 e. The number of hydrogen-bond acceptors (Lipinski definition) is 4. The van der Waals surface area contributed by atoms with Crippen LogP contribution in [-0.4, -0.2) is 16.6 Å². The van der Waals surface area contributed by atoms with E-state index in [-0.39, 0.29) is 5.75 Å². The topological polar surface area (TPSA) is 61.0 Å². The zero-order valence-corrected chi connectivity index (χ0v) is 12.5. The van der Waals surface area contributed by atoms with Crippen molar-refractivity contribution in [2.24, 2.45) is 0 Å². The largest absolute Gasteiger partial charge is 0.435 e. The number of anilines is 1. The molecule has 0 unspecified atom stereocenters. The second kappa shape index (κ2) is 5.55. The lowest BCUT2D eigenvalue weighted by molar-refractivity contribution is -0.0498. The Morgan fingerprint density at radius 2 is 1.86 bits per heavy atom. The summed E-state index contributed by atoms with van der Waals surface area (Å²) in [5.74, 6) is 1.39. The molecule has 1 aliphatic carbocycles. The van der Waals surface area contributed by atoms with E-state index in [4.69, 9.17) is 5.73 Å². The Labute approximate surface area is 128 Å². The van der Waals surface area contributed by atoms with Gasteiger partial charge in [-0.05, 0) is 53.0 Å². The summed E-state index contributed by atoms with van der Waals surface area (Å²) in [6.45, 7) is -2.84. The maximum atomic E-state index is 12.1. The van der Waals surface area contributed by atoms with Crippen LogP contribution in [0.25, 0.3) is 11.4 Å².